The van der Waals surface area contributed by atoms with Crippen LogP contribution < -0.4 is 5.32 Å². The van der Waals surface area contributed by atoms with Crippen LogP contribution in [-0.4, -0.2) is 27.5 Å². The Bertz CT molecular complexity index is 717. The Labute approximate surface area is 127 Å². The van der Waals surface area contributed by atoms with E-state index in [2.05, 4.69) is 10.3 Å². The summed E-state index contributed by atoms with van der Waals surface area (Å²) >= 11 is 0. The first-order valence-corrected chi connectivity index (χ1v) is 7.06. The molecule has 0 radical (unpaired) electrons. The molecule has 1 aliphatic rings. The molecule has 1 amide bonds. The molecule has 6 nitrogen and oxygen atoms in total. The molecule has 1 aromatic heterocycles. The SMILES string of the molecule is Cc1oc(-c2ccccc2)nc1CC(=O)NC1(C(=O)O)CC1. The number of carboxylic acid groups (broad SMARTS) is 1. The molecular weight excluding hydrogens is 284 g/mol. The lowest BCUT2D eigenvalue weighted by Crippen LogP contribution is -2.43. The number of aromatic nitrogens is 1. The maximum Gasteiger partial charge on any atom is 0.329 e. The summed E-state index contributed by atoms with van der Waals surface area (Å²) in [6, 6.07) is 9.40. The van der Waals surface area contributed by atoms with Gasteiger partial charge in [-0.15, -0.1) is 0 Å². The van der Waals surface area contributed by atoms with Crippen LogP contribution in [0.1, 0.15) is 24.3 Å². The van der Waals surface area contributed by atoms with Crippen LogP contribution in [-0.2, 0) is 16.0 Å². The minimum absolute atomic E-state index is 0.0111. The summed E-state index contributed by atoms with van der Waals surface area (Å²) in [5, 5.41) is 11.6. The van der Waals surface area contributed by atoms with Crippen molar-refractivity contribution >= 4 is 11.9 Å². The monoisotopic (exact) mass is 300 g/mol. The van der Waals surface area contributed by atoms with Crippen molar-refractivity contribution in [3.05, 3.63) is 41.8 Å². The average molecular weight is 300 g/mol. The third-order valence-corrected chi connectivity index (χ3v) is 3.78. The van der Waals surface area contributed by atoms with Crippen LogP contribution in [0.25, 0.3) is 11.5 Å². The van der Waals surface area contributed by atoms with Gasteiger partial charge in [0.05, 0.1) is 12.1 Å². The molecule has 114 valence electrons. The lowest BCUT2D eigenvalue weighted by atomic mass is 10.2. The second kappa shape index (κ2) is 5.29. The van der Waals surface area contributed by atoms with Crippen LogP contribution in [0.2, 0.25) is 0 Å². The van der Waals surface area contributed by atoms with Crippen LogP contribution >= 0.6 is 0 Å². The molecule has 1 aliphatic carbocycles. The Hall–Kier alpha value is -2.63. The summed E-state index contributed by atoms with van der Waals surface area (Å²) in [4.78, 5) is 27.4. The molecule has 22 heavy (non-hydrogen) atoms. The number of carbonyl (C=O) groups is 2. The molecule has 0 unspecified atom stereocenters. The van der Waals surface area contributed by atoms with E-state index in [-0.39, 0.29) is 12.3 Å². The Morgan fingerprint density at radius 2 is 2.00 bits per heavy atom. The molecule has 0 aliphatic heterocycles. The Kier molecular flexibility index (Phi) is 3.44. The summed E-state index contributed by atoms with van der Waals surface area (Å²) in [5.74, 6) is -0.312. The molecule has 0 spiro atoms. The van der Waals surface area contributed by atoms with Gasteiger partial charge in [0.25, 0.3) is 0 Å². The molecule has 1 saturated carbocycles. The predicted molar refractivity (Wildman–Crippen MR) is 78.1 cm³/mol. The van der Waals surface area contributed by atoms with Crippen molar-refractivity contribution in [2.75, 3.05) is 0 Å². The second-order valence-corrected chi connectivity index (χ2v) is 5.50. The lowest BCUT2D eigenvalue weighted by molar-refractivity contribution is -0.143. The smallest absolute Gasteiger partial charge is 0.329 e. The van der Waals surface area contributed by atoms with E-state index < -0.39 is 11.5 Å². The van der Waals surface area contributed by atoms with Crippen LogP contribution in [0.15, 0.2) is 34.7 Å². The second-order valence-electron chi connectivity index (χ2n) is 5.50. The van der Waals surface area contributed by atoms with Crippen LogP contribution in [0.4, 0.5) is 0 Å². The zero-order chi connectivity index (χ0) is 15.7. The maximum absolute atomic E-state index is 12.0. The van der Waals surface area contributed by atoms with Gasteiger partial charge in [0.1, 0.15) is 11.3 Å². The highest BCUT2D eigenvalue weighted by Gasteiger charge is 2.51. The predicted octanol–water partition coefficient (Wildman–Crippen LogP) is 1.93. The Morgan fingerprint density at radius 1 is 1.32 bits per heavy atom. The standard InChI is InChI=1S/C16H16N2O4/c1-10-12(9-13(19)18-16(7-8-16)15(20)21)17-14(22-10)11-5-3-2-4-6-11/h2-6H,7-9H2,1H3,(H,18,19)(H,20,21). The summed E-state index contributed by atoms with van der Waals surface area (Å²) in [6.07, 6.45) is 0.958. The fourth-order valence-electron chi connectivity index (χ4n) is 2.28. The van der Waals surface area contributed by atoms with Crippen molar-refractivity contribution in [3.63, 3.8) is 0 Å². The third-order valence-electron chi connectivity index (χ3n) is 3.78. The van der Waals surface area contributed by atoms with E-state index in [4.69, 9.17) is 9.52 Å². The van der Waals surface area contributed by atoms with Crippen molar-refractivity contribution in [1.29, 1.82) is 0 Å². The molecular formula is C16H16N2O4. The van der Waals surface area contributed by atoms with E-state index in [0.29, 0.717) is 30.2 Å². The van der Waals surface area contributed by atoms with Gasteiger partial charge in [-0.1, -0.05) is 18.2 Å². The number of rotatable bonds is 5. The molecule has 0 atom stereocenters. The molecule has 2 N–H and O–H groups in total. The minimum Gasteiger partial charge on any atom is -0.480 e. The zero-order valence-electron chi connectivity index (χ0n) is 12.1. The number of aryl methyl sites for hydroxylation is 1. The summed E-state index contributed by atoms with van der Waals surface area (Å²) in [7, 11) is 0. The number of oxazole rings is 1. The van der Waals surface area contributed by atoms with Crippen molar-refractivity contribution in [2.24, 2.45) is 0 Å². The minimum atomic E-state index is -1.07. The quantitative estimate of drug-likeness (QED) is 0.880. The molecule has 1 aromatic carbocycles. The third kappa shape index (κ3) is 2.72. The molecule has 6 heteroatoms. The molecule has 1 fully saturated rings. The van der Waals surface area contributed by atoms with E-state index in [1.807, 2.05) is 30.3 Å². The van der Waals surface area contributed by atoms with Gasteiger partial charge in [0.2, 0.25) is 11.8 Å². The van der Waals surface area contributed by atoms with Gasteiger partial charge >= 0.3 is 5.97 Å². The molecule has 1 heterocycles. The van der Waals surface area contributed by atoms with Crippen molar-refractivity contribution in [2.45, 2.75) is 31.7 Å². The fraction of sp³-hybridized carbons (Fsp3) is 0.312. The van der Waals surface area contributed by atoms with E-state index in [9.17, 15) is 9.59 Å². The molecule has 0 saturated heterocycles. The van der Waals surface area contributed by atoms with Gasteiger partial charge in [0, 0.05) is 5.56 Å². The normalized spacial score (nSPS) is 15.3. The van der Waals surface area contributed by atoms with E-state index in [1.54, 1.807) is 6.92 Å². The number of carboxylic acids is 1. The first-order valence-electron chi connectivity index (χ1n) is 7.06. The van der Waals surface area contributed by atoms with Gasteiger partial charge in [-0.3, -0.25) is 4.79 Å². The number of hydrogen-bond donors (Lipinski definition) is 2. The van der Waals surface area contributed by atoms with E-state index in [1.165, 1.54) is 0 Å². The Morgan fingerprint density at radius 3 is 2.59 bits per heavy atom. The largest absolute Gasteiger partial charge is 0.480 e. The number of hydrogen-bond acceptors (Lipinski definition) is 4. The number of benzene rings is 1. The first kappa shape index (κ1) is 14.3. The van der Waals surface area contributed by atoms with E-state index in [0.717, 1.165) is 5.56 Å². The zero-order valence-corrected chi connectivity index (χ0v) is 12.1. The van der Waals surface area contributed by atoms with E-state index >= 15 is 0 Å². The summed E-state index contributed by atoms with van der Waals surface area (Å²) < 4.78 is 5.59. The number of aliphatic carboxylic acids is 1. The maximum atomic E-state index is 12.0. The van der Waals surface area contributed by atoms with Crippen LogP contribution in [0.3, 0.4) is 0 Å². The lowest BCUT2D eigenvalue weighted by Gasteiger charge is -2.11. The first-order chi connectivity index (χ1) is 10.5. The van der Waals surface area contributed by atoms with Gasteiger partial charge in [-0.05, 0) is 31.9 Å². The summed E-state index contributed by atoms with van der Waals surface area (Å²) in [5.41, 5.74) is 0.288. The topological polar surface area (TPSA) is 92.4 Å². The highest BCUT2D eigenvalue weighted by atomic mass is 16.4. The van der Waals surface area contributed by atoms with Gasteiger partial charge < -0.3 is 14.8 Å². The van der Waals surface area contributed by atoms with Gasteiger partial charge in [0.15, 0.2) is 0 Å². The highest BCUT2D eigenvalue weighted by Crippen LogP contribution is 2.35. The number of nitrogens with one attached hydrogen (secondary N) is 1. The Balaban J connectivity index is 1.72. The number of carbonyl (C=O) groups excluding carboxylic acids is 1. The van der Waals surface area contributed by atoms with Crippen LogP contribution in [0, 0.1) is 6.92 Å². The van der Waals surface area contributed by atoms with Crippen molar-refractivity contribution < 1.29 is 19.1 Å². The van der Waals surface area contributed by atoms with Crippen LogP contribution in [0.5, 0.6) is 0 Å². The fourth-order valence-corrected chi connectivity index (χ4v) is 2.28. The number of nitrogens with zero attached hydrogens (tertiary/aromatic N) is 1. The molecule has 2 aromatic rings. The van der Waals surface area contributed by atoms with Crippen molar-refractivity contribution in [1.82, 2.24) is 10.3 Å². The summed E-state index contributed by atoms with van der Waals surface area (Å²) in [6.45, 7) is 1.74. The molecule has 0 bridgehead atoms. The van der Waals surface area contributed by atoms with Gasteiger partial charge in [-0.2, -0.15) is 0 Å². The van der Waals surface area contributed by atoms with Gasteiger partial charge in [-0.25, -0.2) is 9.78 Å². The highest BCUT2D eigenvalue weighted by molar-refractivity contribution is 5.90. The molecule has 3 rings (SSSR count). The van der Waals surface area contributed by atoms with Crippen molar-refractivity contribution in [3.8, 4) is 11.5 Å². The number of amides is 1. The average Bonchev–Trinajstić information content (AvgIpc) is 3.19.